The highest BCUT2D eigenvalue weighted by Gasteiger charge is 2.14. The first kappa shape index (κ1) is 18.7. The van der Waals surface area contributed by atoms with Crippen molar-refractivity contribution in [3.8, 4) is 0 Å². The summed E-state index contributed by atoms with van der Waals surface area (Å²) in [5, 5.41) is 5.92. The maximum Gasteiger partial charge on any atom is 0.319 e. The topological polar surface area (TPSA) is 41.1 Å². The zero-order chi connectivity index (χ0) is 19.1. The Bertz CT molecular complexity index is 816. The second-order valence-electron chi connectivity index (χ2n) is 6.92. The molecule has 2 N–H and O–H groups in total. The lowest BCUT2D eigenvalue weighted by Crippen LogP contribution is -2.30. The molecule has 0 radical (unpaired) electrons. The minimum atomic E-state index is -0.167. The van der Waals surface area contributed by atoms with Gasteiger partial charge in [-0.1, -0.05) is 66.7 Å². The summed E-state index contributed by atoms with van der Waals surface area (Å²) in [6, 6.07) is 26.8. The molecule has 3 nitrogen and oxygen atoms in total. The highest BCUT2D eigenvalue weighted by molar-refractivity contribution is 5.89. The van der Waals surface area contributed by atoms with Crippen LogP contribution in [0.1, 0.15) is 34.6 Å². The van der Waals surface area contributed by atoms with E-state index in [1.54, 1.807) is 0 Å². The Morgan fingerprint density at radius 1 is 0.815 bits per heavy atom. The van der Waals surface area contributed by atoms with Gasteiger partial charge in [-0.15, -0.1) is 0 Å². The number of hydrogen-bond acceptors (Lipinski definition) is 1. The van der Waals surface area contributed by atoms with Crippen molar-refractivity contribution in [3.63, 3.8) is 0 Å². The van der Waals surface area contributed by atoms with Crippen LogP contribution in [0.2, 0.25) is 0 Å². The van der Waals surface area contributed by atoms with Crippen molar-refractivity contribution < 1.29 is 4.79 Å². The molecule has 0 bridgehead atoms. The molecule has 2 amide bonds. The van der Waals surface area contributed by atoms with Crippen LogP contribution in [0.25, 0.3) is 0 Å². The number of nitrogens with one attached hydrogen (secondary N) is 2. The van der Waals surface area contributed by atoms with E-state index in [1.165, 1.54) is 11.1 Å². The highest BCUT2D eigenvalue weighted by atomic mass is 16.2. The third-order valence-corrected chi connectivity index (χ3v) is 4.60. The van der Waals surface area contributed by atoms with Gasteiger partial charge < -0.3 is 10.6 Å². The fraction of sp³-hybridized carbons (Fsp3) is 0.208. The van der Waals surface area contributed by atoms with Crippen LogP contribution >= 0.6 is 0 Å². The second kappa shape index (κ2) is 9.04. The molecule has 3 heteroatoms. The quantitative estimate of drug-likeness (QED) is 0.587. The Morgan fingerprint density at radius 2 is 1.33 bits per heavy atom. The number of anilines is 1. The van der Waals surface area contributed by atoms with Gasteiger partial charge in [0.15, 0.2) is 0 Å². The number of carbonyl (C=O) groups is 1. The van der Waals surface area contributed by atoms with Crippen LogP contribution in [0, 0.1) is 13.8 Å². The molecule has 27 heavy (non-hydrogen) atoms. The first-order valence-corrected chi connectivity index (χ1v) is 9.35. The van der Waals surface area contributed by atoms with Crippen molar-refractivity contribution >= 4 is 11.7 Å². The second-order valence-corrected chi connectivity index (χ2v) is 6.92. The summed E-state index contributed by atoms with van der Waals surface area (Å²) in [7, 11) is 0. The predicted octanol–water partition coefficient (Wildman–Crippen LogP) is 5.65. The molecule has 3 rings (SSSR count). The van der Waals surface area contributed by atoms with Gasteiger partial charge >= 0.3 is 6.03 Å². The monoisotopic (exact) mass is 358 g/mol. The molecule has 0 aliphatic carbocycles. The molecule has 0 heterocycles. The van der Waals surface area contributed by atoms with E-state index in [4.69, 9.17) is 0 Å². The zero-order valence-corrected chi connectivity index (χ0v) is 15.9. The molecule has 3 aromatic carbocycles. The molecule has 3 aromatic rings. The molecule has 0 aromatic heterocycles. The highest BCUT2D eigenvalue weighted by Crippen LogP contribution is 2.27. The van der Waals surface area contributed by atoms with Gasteiger partial charge in [-0.05, 0) is 54.7 Å². The number of benzene rings is 3. The smallest absolute Gasteiger partial charge is 0.319 e. The summed E-state index contributed by atoms with van der Waals surface area (Å²) in [4.78, 5) is 12.3. The van der Waals surface area contributed by atoms with Crippen molar-refractivity contribution in [1.82, 2.24) is 5.32 Å². The van der Waals surface area contributed by atoms with E-state index in [-0.39, 0.29) is 11.9 Å². The predicted molar refractivity (Wildman–Crippen MR) is 112 cm³/mol. The lowest BCUT2D eigenvalue weighted by molar-refractivity contribution is 0.252. The molecule has 0 fully saturated rings. The van der Waals surface area contributed by atoms with Crippen molar-refractivity contribution in [1.29, 1.82) is 0 Å². The van der Waals surface area contributed by atoms with Gasteiger partial charge in [0.05, 0.1) is 0 Å². The van der Waals surface area contributed by atoms with Crippen LogP contribution in [-0.4, -0.2) is 12.6 Å². The summed E-state index contributed by atoms with van der Waals surface area (Å²) in [5.74, 6) is 0.258. The van der Waals surface area contributed by atoms with Gasteiger partial charge in [0.25, 0.3) is 0 Å². The maximum absolute atomic E-state index is 12.3. The van der Waals surface area contributed by atoms with Gasteiger partial charge in [-0.3, -0.25) is 0 Å². The molecule has 0 spiro atoms. The molecule has 0 saturated heterocycles. The molecule has 0 unspecified atom stereocenters. The summed E-state index contributed by atoms with van der Waals surface area (Å²) in [6.45, 7) is 4.66. The Hall–Kier alpha value is -3.07. The lowest BCUT2D eigenvalue weighted by atomic mass is 9.88. The van der Waals surface area contributed by atoms with Crippen LogP contribution in [0.5, 0.6) is 0 Å². The number of carbonyl (C=O) groups excluding carboxylic acids is 1. The van der Waals surface area contributed by atoms with Crippen LogP contribution < -0.4 is 10.6 Å². The number of hydrogen-bond donors (Lipinski definition) is 2. The Labute approximate surface area is 161 Å². The summed E-state index contributed by atoms with van der Waals surface area (Å²) < 4.78 is 0. The van der Waals surface area contributed by atoms with E-state index in [1.807, 2.05) is 38.1 Å². The van der Waals surface area contributed by atoms with Crippen LogP contribution in [0.3, 0.4) is 0 Å². The molecular formula is C24H26N2O. The van der Waals surface area contributed by atoms with Gasteiger partial charge in [0.2, 0.25) is 0 Å². The van der Waals surface area contributed by atoms with Gasteiger partial charge in [-0.2, -0.15) is 0 Å². The van der Waals surface area contributed by atoms with Crippen LogP contribution in [0.4, 0.5) is 10.5 Å². The van der Waals surface area contributed by atoms with Crippen LogP contribution in [-0.2, 0) is 0 Å². The van der Waals surface area contributed by atoms with Crippen molar-refractivity contribution in [2.24, 2.45) is 0 Å². The first-order valence-electron chi connectivity index (χ1n) is 9.35. The zero-order valence-electron chi connectivity index (χ0n) is 15.9. The molecule has 0 saturated carbocycles. The first-order chi connectivity index (χ1) is 13.1. The average Bonchev–Trinajstić information content (AvgIpc) is 2.66. The number of aryl methyl sites for hydroxylation is 2. The third-order valence-electron chi connectivity index (χ3n) is 4.60. The summed E-state index contributed by atoms with van der Waals surface area (Å²) >= 11 is 0. The van der Waals surface area contributed by atoms with E-state index in [2.05, 4.69) is 65.2 Å². The van der Waals surface area contributed by atoms with Gasteiger partial charge in [0.1, 0.15) is 0 Å². The SMILES string of the molecule is Cc1cc(C)cc(NC(=O)NCCC(c2ccccc2)c2ccccc2)c1. The fourth-order valence-electron chi connectivity index (χ4n) is 3.45. The third kappa shape index (κ3) is 5.45. The number of amides is 2. The number of urea groups is 1. The fourth-order valence-corrected chi connectivity index (χ4v) is 3.45. The van der Waals surface area contributed by atoms with Crippen molar-refractivity contribution in [2.75, 3.05) is 11.9 Å². The molecule has 0 aliphatic rings. The van der Waals surface area contributed by atoms with E-state index in [0.717, 1.165) is 23.2 Å². The number of rotatable bonds is 6. The van der Waals surface area contributed by atoms with Gasteiger partial charge in [0, 0.05) is 18.2 Å². The van der Waals surface area contributed by atoms with E-state index in [9.17, 15) is 4.79 Å². The summed E-state index contributed by atoms with van der Waals surface area (Å²) in [5.41, 5.74) is 5.63. The standard InChI is InChI=1S/C24H26N2O/c1-18-15-19(2)17-22(16-18)26-24(27)25-14-13-23(20-9-5-3-6-10-20)21-11-7-4-8-12-21/h3-12,15-17,23H,13-14H2,1-2H3,(H2,25,26,27). The van der Waals surface area contributed by atoms with Gasteiger partial charge in [-0.25, -0.2) is 4.79 Å². The Balaban J connectivity index is 1.61. The Morgan fingerprint density at radius 3 is 1.85 bits per heavy atom. The van der Waals surface area contributed by atoms with E-state index >= 15 is 0 Å². The molecule has 138 valence electrons. The molecule has 0 atom stereocenters. The normalized spacial score (nSPS) is 10.6. The molecule has 0 aliphatic heterocycles. The molecular weight excluding hydrogens is 332 g/mol. The van der Waals surface area contributed by atoms with Crippen molar-refractivity contribution in [3.05, 3.63) is 101 Å². The Kier molecular flexibility index (Phi) is 6.26. The largest absolute Gasteiger partial charge is 0.338 e. The maximum atomic E-state index is 12.3. The van der Waals surface area contributed by atoms with E-state index in [0.29, 0.717) is 6.54 Å². The van der Waals surface area contributed by atoms with Crippen molar-refractivity contribution in [2.45, 2.75) is 26.2 Å². The minimum Gasteiger partial charge on any atom is -0.338 e. The van der Waals surface area contributed by atoms with E-state index < -0.39 is 0 Å². The lowest BCUT2D eigenvalue weighted by Gasteiger charge is -2.18. The van der Waals surface area contributed by atoms with Crippen LogP contribution in [0.15, 0.2) is 78.9 Å². The average molecular weight is 358 g/mol. The minimum absolute atomic E-state index is 0.167. The summed E-state index contributed by atoms with van der Waals surface area (Å²) in [6.07, 6.45) is 0.842.